The van der Waals surface area contributed by atoms with E-state index in [1.54, 1.807) is 12.1 Å². The van der Waals surface area contributed by atoms with Crippen LogP contribution >= 0.6 is 12.6 Å². The number of thiol groups is 1. The van der Waals surface area contributed by atoms with Crippen molar-refractivity contribution in [1.29, 1.82) is 0 Å². The van der Waals surface area contributed by atoms with Crippen LogP contribution in [0.1, 0.15) is 17.5 Å². The number of carbonyl (C=O) groups excluding carboxylic acids is 2. The molecular weight excluding hydrogens is 339 g/mol. The van der Waals surface area contributed by atoms with Crippen LogP contribution in [0, 0.1) is 5.82 Å². The van der Waals surface area contributed by atoms with Gasteiger partial charge in [-0.3, -0.25) is 9.59 Å². The summed E-state index contributed by atoms with van der Waals surface area (Å²) in [6.45, 7) is 0.377. The predicted octanol–water partition coefficient (Wildman–Crippen LogP) is 2.49. The van der Waals surface area contributed by atoms with Crippen molar-refractivity contribution < 1.29 is 14.0 Å². The maximum absolute atomic E-state index is 13.0. The molecule has 2 rings (SSSR count). The van der Waals surface area contributed by atoms with Crippen molar-refractivity contribution in [2.75, 3.05) is 5.75 Å². The van der Waals surface area contributed by atoms with Crippen LogP contribution in [0.25, 0.3) is 0 Å². The average molecular weight is 360 g/mol. The Morgan fingerprint density at radius 1 is 1.00 bits per heavy atom. The van der Waals surface area contributed by atoms with E-state index in [0.29, 0.717) is 18.7 Å². The second-order valence-electron chi connectivity index (χ2n) is 5.63. The Morgan fingerprint density at radius 3 is 2.32 bits per heavy atom. The van der Waals surface area contributed by atoms with E-state index in [1.807, 2.05) is 30.3 Å². The lowest BCUT2D eigenvalue weighted by molar-refractivity contribution is -0.128. The molecule has 1 atom stereocenters. The van der Waals surface area contributed by atoms with Crippen LogP contribution in [-0.2, 0) is 22.6 Å². The highest BCUT2D eigenvalue weighted by Gasteiger charge is 2.20. The van der Waals surface area contributed by atoms with E-state index in [9.17, 15) is 14.0 Å². The molecule has 2 aromatic carbocycles. The zero-order valence-electron chi connectivity index (χ0n) is 13.7. The number of nitrogens with one attached hydrogen (secondary N) is 2. The Hall–Kier alpha value is -2.34. The molecule has 0 spiro atoms. The molecule has 0 radical (unpaired) electrons. The summed E-state index contributed by atoms with van der Waals surface area (Å²) >= 11 is 4.03. The molecule has 0 aliphatic carbocycles. The third-order valence-corrected chi connectivity index (χ3v) is 3.88. The molecule has 6 heteroatoms. The van der Waals surface area contributed by atoms with E-state index in [2.05, 4.69) is 23.3 Å². The van der Waals surface area contributed by atoms with Crippen molar-refractivity contribution in [3.63, 3.8) is 0 Å². The second kappa shape index (κ2) is 9.84. The van der Waals surface area contributed by atoms with Gasteiger partial charge in [0.05, 0.1) is 0 Å². The van der Waals surface area contributed by atoms with Gasteiger partial charge in [-0.05, 0) is 29.0 Å². The summed E-state index contributed by atoms with van der Waals surface area (Å²) in [6, 6.07) is 14.7. The molecule has 2 N–H and O–H groups in total. The van der Waals surface area contributed by atoms with Gasteiger partial charge in [0.15, 0.2) is 0 Å². The molecule has 0 unspecified atom stereocenters. The SMILES string of the molecule is O=C(CCS)N[C@@H](Cc1ccc(F)cc1)C(=O)NCc1ccccc1. The Morgan fingerprint density at radius 2 is 1.68 bits per heavy atom. The fraction of sp³-hybridized carbons (Fsp3) is 0.263. The topological polar surface area (TPSA) is 58.2 Å². The summed E-state index contributed by atoms with van der Waals surface area (Å²) in [5.74, 6) is -0.452. The number of benzene rings is 2. The molecule has 0 saturated carbocycles. The van der Waals surface area contributed by atoms with Gasteiger partial charge < -0.3 is 10.6 Å². The van der Waals surface area contributed by atoms with Crippen molar-refractivity contribution in [3.05, 3.63) is 71.5 Å². The Labute approximate surface area is 152 Å². The largest absolute Gasteiger partial charge is 0.350 e. The summed E-state index contributed by atoms with van der Waals surface area (Å²) in [6.07, 6.45) is 0.522. The molecule has 0 saturated heterocycles. The van der Waals surface area contributed by atoms with E-state index in [0.717, 1.165) is 11.1 Å². The molecule has 2 aromatic rings. The minimum Gasteiger partial charge on any atom is -0.350 e. The normalized spacial score (nSPS) is 11.6. The number of halogens is 1. The molecule has 4 nitrogen and oxygen atoms in total. The van der Waals surface area contributed by atoms with Gasteiger partial charge in [0.2, 0.25) is 11.8 Å². The van der Waals surface area contributed by atoms with Crippen LogP contribution in [0.3, 0.4) is 0 Å². The summed E-state index contributed by atoms with van der Waals surface area (Å²) in [4.78, 5) is 24.4. The van der Waals surface area contributed by atoms with E-state index in [1.165, 1.54) is 12.1 Å². The summed E-state index contributed by atoms with van der Waals surface area (Å²) in [7, 11) is 0. The Bertz CT molecular complexity index is 692. The smallest absolute Gasteiger partial charge is 0.243 e. The van der Waals surface area contributed by atoms with Crippen molar-refractivity contribution in [1.82, 2.24) is 10.6 Å². The first-order valence-electron chi connectivity index (χ1n) is 8.05. The number of hydrogen-bond acceptors (Lipinski definition) is 3. The third kappa shape index (κ3) is 6.58. The van der Waals surface area contributed by atoms with Crippen LogP contribution in [0.15, 0.2) is 54.6 Å². The van der Waals surface area contributed by atoms with Gasteiger partial charge in [-0.25, -0.2) is 4.39 Å². The van der Waals surface area contributed by atoms with E-state index < -0.39 is 6.04 Å². The van der Waals surface area contributed by atoms with E-state index in [4.69, 9.17) is 0 Å². The lowest BCUT2D eigenvalue weighted by Gasteiger charge is -2.18. The minimum atomic E-state index is -0.721. The zero-order valence-corrected chi connectivity index (χ0v) is 14.6. The maximum atomic E-state index is 13.0. The van der Waals surface area contributed by atoms with Crippen LogP contribution in [0.5, 0.6) is 0 Å². The first-order valence-corrected chi connectivity index (χ1v) is 8.68. The predicted molar refractivity (Wildman–Crippen MR) is 98.8 cm³/mol. The Balaban J connectivity index is 2.02. The van der Waals surface area contributed by atoms with Gasteiger partial charge in [0.1, 0.15) is 11.9 Å². The highest BCUT2D eigenvalue weighted by molar-refractivity contribution is 7.80. The number of rotatable bonds is 8. The zero-order chi connectivity index (χ0) is 18.1. The van der Waals surface area contributed by atoms with Crippen LogP contribution in [-0.4, -0.2) is 23.6 Å². The molecule has 0 aromatic heterocycles. The molecule has 0 aliphatic rings. The van der Waals surface area contributed by atoms with Gasteiger partial charge in [0, 0.05) is 19.4 Å². The fourth-order valence-corrected chi connectivity index (χ4v) is 2.54. The van der Waals surface area contributed by atoms with Gasteiger partial charge in [0.25, 0.3) is 0 Å². The summed E-state index contributed by atoms with van der Waals surface area (Å²) in [5, 5.41) is 5.55. The summed E-state index contributed by atoms with van der Waals surface area (Å²) in [5.41, 5.74) is 1.74. The number of amides is 2. The van der Waals surface area contributed by atoms with Gasteiger partial charge >= 0.3 is 0 Å². The number of carbonyl (C=O) groups is 2. The number of hydrogen-bond donors (Lipinski definition) is 3. The van der Waals surface area contributed by atoms with Crippen molar-refractivity contribution in [2.45, 2.75) is 25.4 Å². The molecule has 0 heterocycles. The molecule has 0 fully saturated rings. The molecule has 0 aliphatic heterocycles. The third-order valence-electron chi connectivity index (χ3n) is 3.65. The molecule has 132 valence electrons. The molecule has 2 amide bonds. The van der Waals surface area contributed by atoms with E-state index >= 15 is 0 Å². The molecule has 0 bridgehead atoms. The van der Waals surface area contributed by atoms with Crippen molar-refractivity contribution in [3.8, 4) is 0 Å². The van der Waals surface area contributed by atoms with Crippen LogP contribution in [0.4, 0.5) is 4.39 Å². The Kier molecular flexibility index (Phi) is 7.47. The average Bonchev–Trinajstić information content (AvgIpc) is 2.62. The molecule has 25 heavy (non-hydrogen) atoms. The summed E-state index contributed by atoms with van der Waals surface area (Å²) < 4.78 is 13.0. The van der Waals surface area contributed by atoms with Crippen LogP contribution in [0.2, 0.25) is 0 Å². The highest BCUT2D eigenvalue weighted by Crippen LogP contribution is 2.07. The van der Waals surface area contributed by atoms with E-state index in [-0.39, 0.29) is 24.1 Å². The van der Waals surface area contributed by atoms with Gasteiger partial charge in [-0.15, -0.1) is 0 Å². The second-order valence-corrected chi connectivity index (χ2v) is 6.07. The van der Waals surface area contributed by atoms with Crippen molar-refractivity contribution >= 4 is 24.4 Å². The van der Waals surface area contributed by atoms with Gasteiger partial charge in [-0.1, -0.05) is 42.5 Å². The first-order chi connectivity index (χ1) is 12.1. The standard InChI is InChI=1S/C19H21FN2O2S/c20-16-8-6-14(7-9-16)12-17(22-18(23)10-11-25)19(24)21-13-15-4-2-1-3-5-15/h1-9,17,25H,10-13H2,(H,21,24)(H,22,23)/t17-/m0/s1. The molecular formula is C19H21FN2O2S. The van der Waals surface area contributed by atoms with Crippen LogP contribution < -0.4 is 10.6 Å². The van der Waals surface area contributed by atoms with Crippen molar-refractivity contribution in [2.24, 2.45) is 0 Å². The first kappa shape index (κ1) is 19.0. The monoisotopic (exact) mass is 360 g/mol. The highest BCUT2D eigenvalue weighted by atomic mass is 32.1. The minimum absolute atomic E-state index is 0.231. The maximum Gasteiger partial charge on any atom is 0.243 e. The quantitative estimate of drug-likeness (QED) is 0.634. The lowest BCUT2D eigenvalue weighted by Crippen LogP contribution is -2.47. The lowest BCUT2D eigenvalue weighted by atomic mass is 10.0. The fourth-order valence-electron chi connectivity index (χ4n) is 2.34. The van der Waals surface area contributed by atoms with Gasteiger partial charge in [-0.2, -0.15) is 12.6 Å².